The van der Waals surface area contributed by atoms with Crippen LogP contribution in [0.3, 0.4) is 0 Å². The Balaban J connectivity index is 1.35. The first-order valence-electron chi connectivity index (χ1n) is 12.9. The molecule has 37 heavy (non-hydrogen) atoms. The van der Waals surface area contributed by atoms with Gasteiger partial charge in [0, 0.05) is 75.7 Å². The summed E-state index contributed by atoms with van der Waals surface area (Å²) in [5.41, 5.74) is 3.48. The maximum atomic E-state index is 13.0. The summed E-state index contributed by atoms with van der Waals surface area (Å²) in [6.45, 7) is 6.12. The second-order valence-electron chi connectivity index (χ2n) is 10.1. The van der Waals surface area contributed by atoms with Crippen LogP contribution in [0.2, 0.25) is 0 Å². The van der Waals surface area contributed by atoms with E-state index in [4.69, 9.17) is 4.98 Å². The SMILES string of the molecule is CNc1cc(-c2cn(CCN3CCN(C)CC3)c3ncccc23)nc2c(C(=O)NC3CC[C@H]3O)cnn12. The summed E-state index contributed by atoms with van der Waals surface area (Å²) < 4.78 is 3.84. The Morgan fingerprint density at radius 2 is 2.00 bits per heavy atom. The lowest BCUT2D eigenvalue weighted by molar-refractivity contribution is 0.0448. The number of nitrogens with zero attached hydrogens (tertiary/aromatic N) is 7. The molecule has 1 saturated carbocycles. The van der Waals surface area contributed by atoms with Crippen molar-refractivity contribution in [2.45, 2.75) is 31.5 Å². The zero-order valence-electron chi connectivity index (χ0n) is 21.3. The van der Waals surface area contributed by atoms with Crippen molar-refractivity contribution in [1.29, 1.82) is 0 Å². The Bertz CT molecular complexity index is 1440. The molecule has 5 heterocycles. The molecule has 1 amide bonds. The summed E-state index contributed by atoms with van der Waals surface area (Å²) in [6, 6.07) is 5.73. The van der Waals surface area contributed by atoms with Crippen LogP contribution >= 0.6 is 0 Å². The van der Waals surface area contributed by atoms with Gasteiger partial charge in [0.15, 0.2) is 5.65 Å². The van der Waals surface area contributed by atoms with Crippen LogP contribution in [0.15, 0.2) is 36.8 Å². The maximum Gasteiger partial charge on any atom is 0.257 e. The first kappa shape index (κ1) is 23.8. The average molecular weight is 504 g/mol. The summed E-state index contributed by atoms with van der Waals surface area (Å²) in [7, 11) is 3.99. The van der Waals surface area contributed by atoms with E-state index in [1.54, 1.807) is 4.52 Å². The van der Waals surface area contributed by atoms with E-state index in [1.165, 1.54) is 6.20 Å². The molecule has 1 unspecified atom stereocenters. The standard InChI is InChI=1S/C26H33N9O2/c1-27-23-14-21(30-25-18(15-29-35(23)25)26(37)31-20-5-6-22(20)36)19-16-34(24-17(19)4-3-7-28-24)13-12-33-10-8-32(2)9-11-33/h3-4,7,14-16,20,22,27,36H,5-6,8-13H2,1-2H3,(H,31,37)/t20?,22-/m1/s1. The molecule has 11 heteroatoms. The number of hydrogen-bond acceptors (Lipinski definition) is 8. The Hall–Kier alpha value is -3.54. The zero-order chi connectivity index (χ0) is 25.5. The van der Waals surface area contributed by atoms with Crippen LogP contribution in [0, 0.1) is 0 Å². The van der Waals surface area contributed by atoms with Gasteiger partial charge in [0.2, 0.25) is 0 Å². The lowest BCUT2D eigenvalue weighted by atomic mass is 9.89. The van der Waals surface area contributed by atoms with Gasteiger partial charge in [-0.05, 0) is 32.0 Å². The van der Waals surface area contributed by atoms with Gasteiger partial charge in [0.05, 0.1) is 24.0 Å². The molecule has 194 valence electrons. The van der Waals surface area contributed by atoms with Gasteiger partial charge >= 0.3 is 0 Å². The van der Waals surface area contributed by atoms with Crippen LogP contribution in [0.25, 0.3) is 27.9 Å². The summed E-state index contributed by atoms with van der Waals surface area (Å²) in [4.78, 5) is 27.5. The van der Waals surface area contributed by atoms with E-state index in [2.05, 4.69) is 54.4 Å². The summed E-state index contributed by atoms with van der Waals surface area (Å²) in [5.74, 6) is 0.451. The van der Waals surface area contributed by atoms with Crippen molar-refractivity contribution in [3.05, 3.63) is 42.4 Å². The fourth-order valence-corrected chi connectivity index (χ4v) is 5.15. The molecule has 0 aromatic carbocycles. The van der Waals surface area contributed by atoms with Crippen molar-refractivity contribution in [2.75, 3.05) is 52.1 Å². The number of aromatic nitrogens is 5. The number of nitrogens with one attached hydrogen (secondary N) is 2. The first-order chi connectivity index (χ1) is 18.0. The van der Waals surface area contributed by atoms with Gasteiger partial charge < -0.3 is 25.2 Å². The molecule has 0 radical (unpaired) electrons. The Kier molecular flexibility index (Phi) is 6.27. The molecule has 6 rings (SSSR count). The Morgan fingerprint density at radius 1 is 1.16 bits per heavy atom. The number of likely N-dealkylation sites (N-methyl/N-ethyl adjacent to an activating group) is 1. The minimum atomic E-state index is -0.494. The van der Waals surface area contributed by atoms with Crippen LogP contribution < -0.4 is 10.6 Å². The summed E-state index contributed by atoms with van der Waals surface area (Å²) in [6.07, 6.45) is 6.46. The van der Waals surface area contributed by atoms with E-state index < -0.39 is 6.10 Å². The quantitative estimate of drug-likeness (QED) is 0.346. The van der Waals surface area contributed by atoms with Gasteiger partial charge in [-0.1, -0.05) is 0 Å². The lowest BCUT2D eigenvalue weighted by Gasteiger charge is -2.32. The molecule has 1 aliphatic carbocycles. The number of aliphatic hydroxyl groups is 1. The molecule has 4 aromatic heterocycles. The third kappa shape index (κ3) is 4.43. The number of pyridine rings is 1. The predicted octanol–water partition coefficient (Wildman–Crippen LogP) is 1.29. The number of anilines is 1. The molecular formula is C26H33N9O2. The number of piperazine rings is 1. The minimum Gasteiger partial charge on any atom is -0.391 e. The van der Waals surface area contributed by atoms with Crippen molar-refractivity contribution < 1.29 is 9.90 Å². The van der Waals surface area contributed by atoms with E-state index >= 15 is 0 Å². The van der Waals surface area contributed by atoms with Gasteiger partial charge in [0.1, 0.15) is 17.0 Å². The summed E-state index contributed by atoms with van der Waals surface area (Å²) in [5, 5.41) is 21.4. The van der Waals surface area contributed by atoms with Gasteiger partial charge in [-0.15, -0.1) is 0 Å². The van der Waals surface area contributed by atoms with Crippen molar-refractivity contribution >= 4 is 28.4 Å². The molecule has 0 bridgehead atoms. The lowest BCUT2D eigenvalue weighted by Crippen LogP contribution is -2.50. The molecule has 11 nitrogen and oxygen atoms in total. The van der Waals surface area contributed by atoms with E-state index in [0.717, 1.165) is 73.8 Å². The molecular weight excluding hydrogens is 470 g/mol. The Morgan fingerprint density at radius 3 is 2.73 bits per heavy atom. The monoisotopic (exact) mass is 503 g/mol. The fraction of sp³-hybridized carbons (Fsp3) is 0.462. The number of aliphatic hydroxyl groups excluding tert-OH is 1. The third-order valence-corrected chi connectivity index (χ3v) is 7.69. The predicted molar refractivity (Wildman–Crippen MR) is 142 cm³/mol. The largest absolute Gasteiger partial charge is 0.391 e. The minimum absolute atomic E-state index is 0.223. The van der Waals surface area contributed by atoms with Crippen LogP contribution in [0.5, 0.6) is 0 Å². The molecule has 2 aliphatic rings. The van der Waals surface area contributed by atoms with E-state index in [-0.39, 0.29) is 11.9 Å². The van der Waals surface area contributed by atoms with Crippen LogP contribution in [0.1, 0.15) is 23.2 Å². The molecule has 0 spiro atoms. The van der Waals surface area contributed by atoms with E-state index in [9.17, 15) is 9.90 Å². The number of hydrogen-bond donors (Lipinski definition) is 3. The van der Waals surface area contributed by atoms with Crippen LogP contribution in [0.4, 0.5) is 5.82 Å². The van der Waals surface area contributed by atoms with E-state index in [1.807, 2.05) is 25.4 Å². The highest BCUT2D eigenvalue weighted by molar-refractivity contribution is 6.01. The molecule has 1 aliphatic heterocycles. The highest BCUT2D eigenvalue weighted by atomic mass is 16.3. The molecule has 2 fully saturated rings. The first-order valence-corrected chi connectivity index (χ1v) is 12.9. The third-order valence-electron chi connectivity index (χ3n) is 7.69. The molecule has 3 N–H and O–H groups in total. The van der Waals surface area contributed by atoms with Crippen molar-refractivity contribution in [1.82, 2.24) is 39.3 Å². The van der Waals surface area contributed by atoms with E-state index in [0.29, 0.717) is 17.6 Å². The maximum absolute atomic E-state index is 13.0. The number of rotatable bonds is 7. The van der Waals surface area contributed by atoms with Crippen molar-refractivity contribution in [2.24, 2.45) is 0 Å². The molecule has 2 atom stereocenters. The number of amides is 1. The van der Waals surface area contributed by atoms with Gasteiger partial charge in [-0.25, -0.2) is 9.97 Å². The van der Waals surface area contributed by atoms with Crippen molar-refractivity contribution in [3.63, 3.8) is 0 Å². The number of carbonyl (C=O) groups excluding carboxylic acids is 1. The second kappa shape index (κ2) is 9.73. The van der Waals surface area contributed by atoms with Gasteiger partial charge in [-0.3, -0.25) is 9.69 Å². The highest BCUT2D eigenvalue weighted by Crippen LogP contribution is 2.31. The average Bonchev–Trinajstić information content (AvgIpc) is 3.52. The highest BCUT2D eigenvalue weighted by Gasteiger charge is 2.31. The summed E-state index contributed by atoms with van der Waals surface area (Å²) >= 11 is 0. The van der Waals surface area contributed by atoms with Crippen LogP contribution in [-0.2, 0) is 6.54 Å². The molecule has 1 saturated heterocycles. The van der Waals surface area contributed by atoms with Gasteiger partial charge in [-0.2, -0.15) is 9.61 Å². The zero-order valence-corrected chi connectivity index (χ0v) is 21.3. The topological polar surface area (TPSA) is 116 Å². The van der Waals surface area contributed by atoms with Gasteiger partial charge in [0.25, 0.3) is 5.91 Å². The van der Waals surface area contributed by atoms with Crippen molar-refractivity contribution in [3.8, 4) is 11.3 Å². The second-order valence-corrected chi connectivity index (χ2v) is 10.1. The molecule has 4 aromatic rings. The number of carbonyl (C=O) groups is 1. The number of fused-ring (bicyclic) bond motifs is 2. The van der Waals surface area contributed by atoms with Crippen LogP contribution in [-0.4, -0.2) is 104 Å². The fourth-order valence-electron chi connectivity index (χ4n) is 5.15. The smallest absolute Gasteiger partial charge is 0.257 e. The normalized spacial score (nSPS) is 20.8. The Labute approximate surface area is 215 Å².